The molecule has 0 aliphatic rings. The van der Waals surface area contributed by atoms with E-state index in [0.717, 1.165) is 5.56 Å². The van der Waals surface area contributed by atoms with Gasteiger partial charge in [0, 0.05) is 13.1 Å². The number of carbonyl (C=O) groups is 3. The number of hydrogen-bond acceptors (Lipinski definition) is 3. The number of benzene rings is 1. The summed E-state index contributed by atoms with van der Waals surface area (Å²) in [6.45, 7) is 3.48. The van der Waals surface area contributed by atoms with Crippen molar-refractivity contribution in [3.63, 3.8) is 0 Å². The van der Waals surface area contributed by atoms with Crippen LogP contribution in [0.2, 0.25) is 0 Å². The van der Waals surface area contributed by atoms with Gasteiger partial charge in [0.05, 0.1) is 0 Å². The first-order valence-electron chi connectivity index (χ1n) is 6.70. The van der Waals surface area contributed by atoms with E-state index in [4.69, 9.17) is 0 Å². The SMILES string of the molecule is CCN(Cc1ccccc1)C(=O)C(CC)(C(=O)O)C(=O)O. The molecule has 0 aromatic heterocycles. The molecule has 1 amide bonds. The van der Waals surface area contributed by atoms with Crippen molar-refractivity contribution in [1.29, 1.82) is 0 Å². The molecular weight excluding hydrogens is 274 g/mol. The van der Waals surface area contributed by atoms with Gasteiger partial charge in [-0.15, -0.1) is 0 Å². The van der Waals surface area contributed by atoms with Gasteiger partial charge >= 0.3 is 11.9 Å². The van der Waals surface area contributed by atoms with Crippen molar-refractivity contribution in [3.05, 3.63) is 35.9 Å². The molecule has 114 valence electrons. The number of aliphatic carboxylic acids is 2. The average molecular weight is 293 g/mol. The van der Waals surface area contributed by atoms with Gasteiger partial charge in [0.1, 0.15) is 0 Å². The van der Waals surface area contributed by atoms with Crippen LogP contribution < -0.4 is 0 Å². The summed E-state index contributed by atoms with van der Waals surface area (Å²) in [5.41, 5.74) is -1.61. The van der Waals surface area contributed by atoms with Crippen molar-refractivity contribution in [2.75, 3.05) is 6.54 Å². The maximum absolute atomic E-state index is 12.5. The normalized spacial score (nSPS) is 11.0. The lowest BCUT2D eigenvalue weighted by Gasteiger charge is -2.30. The molecule has 1 aromatic carbocycles. The lowest BCUT2D eigenvalue weighted by atomic mass is 9.83. The maximum atomic E-state index is 12.5. The van der Waals surface area contributed by atoms with Crippen LogP contribution in [0.5, 0.6) is 0 Å². The van der Waals surface area contributed by atoms with Gasteiger partial charge in [-0.05, 0) is 18.9 Å². The van der Waals surface area contributed by atoms with E-state index >= 15 is 0 Å². The van der Waals surface area contributed by atoms with Gasteiger partial charge < -0.3 is 15.1 Å². The van der Waals surface area contributed by atoms with Crippen LogP contribution in [0.4, 0.5) is 0 Å². The minimum Gasteiger partial charge on any atom is -0.480 e. The fourth-order valence-corrected chi connectivity index (χ4v) is 2.13. The molecule has 6 nitrogen and oxygen atoms in total. The lowest BCUT2D eigenvalue weighted by Crippen LogP contribution is -2.52. The van der Waals surface area contributed by atoms with Crippen LogP contribution >= 0.6 is 0 Å². The maximum Gasteiger partial charge on any atom is 0.330 e. The Morgan fingerprint density at radius 1 is 1.05 bits per heavy atom. The second kappa shape index (κ2) is 6.88. The first kappa shape index (κ1) is 16.7. The zero-order valence-corrected chi connectivity index (χ0v) is 12.1. The van der Waals surface area contributed by atoms with E-state index in [0.29, 0.717) is 0 Å². The van der Waals surface area contributed by atoms with Crippen molar-refractivity contribution in [1.82, 2.24) is 4.90 Å². The molecule has 0 fully saturated rings. The van der Waals surface area contributed by atoms with E-state index in [9.17, 15) is 24.6 Å². The van der Waals surface area contributed by atoms with E-state index < -0.39 is 23.3 Å². The van der Waals surface area contributed by atoms with Gasteiger partial charge in [0.2, 0.25) is 5.41 Å². The minimum atomic E-state index is -2.43. The van der Waals surface area contributed by atoms with Crippen molar-refractivity contribution in [2.24, 2.45) is 5.41 Å². The fraction of sp³-hybridized carbons (Fsp3) is 0.400. The van der Waals surface area contributed by atoms with E-state index in [1.807, 2.05) is 6.07 Å². The molecule has 21 heavy (non-hydrogen) atoms. The minimum absolute atomic E-state index is 0.179. The highest BCUT2D eigenvalue weighted by Gasteiger charge is 2.54. The summed E-state index contributed by atoms with van der Waals surface area (Å²) in [6.07, 6.45) is -0.304. The third kappa shape index (κ3) is 3.21. The van der Waals surface area contributed by atoms with Crippen LogP contribution in [-0.2, 0) is 20.9 Å². The second-order valence-electron chi connectivity index (χ2n) is 4.67. The Morgan fingerprint density at radius 2 is 1.57 bits per heavy atom. The Hall–Kier alpha value is -2.37. The summed E-state index contributed by atoms with van der Waals surface area (Å²) in [5.74, 6) is -4.15. The van der Waals surface area contributed by atoms with Crippen LogP contribution in [0.3, 0.4) is 0 Å². The molecule has 0 aliphatic carbocycles. The predicted molar refractivity (Wildman–Crippen MR) is 75.5 cm³/mol. The summed E-state index contributed by atoms with van der Waals surface area (Å²) in [4.78, 5) is 36.5. The van der Waals surface area contributed by atoms with E-state index in [2.05, 4.69) is 0 Å². The van der Waals surface area contributed by atoms with Crippen LogP contribution in [0, 0.1) is 5.41 Å². The molecule has 0 unspecified atom stereocenters. The first-order valence-corrected chi connectivity index (χ1v) is 6.70. The highest BCUT2D eigenvalue weighted by atomic mass is 16.4. The number of carbonyl (C=O) groups excluding carboxylic acids is 1. The van der Waals surface area contributed by atoms with Crippen LogP contribution in [0.1, 0.15) is 25.8 Å². The monoisotopic (exact) mass is 293 g/mol. The molecule has 0 heterocycles. The number of hydrogen-bond donors (Lipinski definition) is 2. The Labute approximate surface area is 123 Å². The lowest BCUT2D eigenvalue weighted by molar-refractivity contribution is -0.173. The van der Waals surface area contributed by atoms with E-state index in [1.54, 1.807) is 31.2 Å². The standard InChI is InChI=1S/C15H19NO5/c1-3-15(13(18)19,14(20)21)12(17)16(4-2)10-11-8-6-5-7-9-11/h5-9H,3-4,10H2,1-2H3,(H,18,19)(H,20,21). The molecule has 0 aliphatic heterocycles. The summed E-state index contributed by atoms with van der Waals surface area (Å²) in [7, 11) is 0. The van der Waals surface area contributed by atoms with E-state index in [-0.39, 0.29) is 19.5 Å². The Bertz CT molecular complexity index is 512. The number of carboxylic acids is 2. The van der Waals surface area contributed by atoms with Gasteiger partial charge in [-0.3, -0.25) is 14.4 Å². The zero-order valence-electron chi connectivity index (χ0n) is 12.1. The summed E-state index contributed by atoms with van der Waals surface area (Å²) in [6, 6.07) is 9.02. The third-order valence-corrected chi connectivity index (χ3v) is 3.51. The Morgan fingerprint density at radius 3 is 1.95 bits per heavy atom. The molecule has 1 rings (SSSR count). The largest absolute Gasteiger partial charge is 0.480 e. The van der Waals surface area contributed by atoms with Crippen LogP contribution in [0.15, 0.2) is 30.3 Å². The molecule has 0 spiro atoms. The van der Waals surface area contributed by atoms with Crippen molar-refractivity contribution < 1.29 is 24.6 Å². The molecular formula is C15H19NO5. The highest BCUT2D eigenvalue weighted by molar-refractivity contribution is 6.18. The van der Waals surface area contributed by atoms with Gasteiger partial charge in [0.25, 0.3) is 5.91 Å². The summed E-state index contributed by atoms with van der Waals surface area (Å²) >= 11 is 0. The Balaban J connectivity index is 3.11. The van der Waals surface area contributed by atoms with E-state index in [1.165, 1.54) is 11.8 Å². The number of nitrogens with zero attached hydrogens (tertiary/aromatic N) is 1. The Kier molecular flexibility index (Phi) is 5.46. The van der Waals surface area contributed by atoms with Gasteiger partial charge in [-0.1, -0.05) is 37.3 Å². The quantitative estimate of drug-likeness (QED) is 0.745. The van der Waals surface area contributed by atoms with Crippen LogP contribution in [-0.4, -0.2) is 39.5 Å². The molecule has 2 N–H and O–H groups in total. The van der Waals surface area contributed by atoms with Crippen molar-refractivity contribution in [2.45, 2.75) is 26.8 Å². The molecule has 6 heteroatoms. The molecule has 0 atom stereocenters. The molecule has 1 aromatic rings. The van der Waals surface area contributed by atoms with Gasteiger partial charge in [0.15, 0.2) is 0 Å². The predicted octanol–water partition coefficient (Wildman–Crippen LogP) is 1.60. The highest BCUT2D eigenvalue weighted by Crippen LogP contribution is 2.27. The summed E-state index contributed by atoms with van der Waals surface area (Å²) < 4.78 is 0. The number of amides is 1. The first-order chi connectivity index (χ1) is 9.90. The number of rotatable bonds is 7. The zero-order chi connectivity index (χ0) is 16.0. The molecule has 0 saturated carbocycles. The fourth-order valence-electron chi connectivity index (χ4n) is 2.13. The smallest absolute Gasteiger partial charge is 0.330 e. The van der Waals surface area contributed by atoms with Gasteiger partial charge in [-0.25, -0.2) is 0 Å². The molecule has 0 bridgehead atoms. The van der Waals surface area contributed by atoms with Crippen molar-refractivity contribution in [3.8, 4) is 0 Å². The average Bonchev–Trinajstić information content (AvgIpc) is 2.46. The molecule has 0 radical (unpaired) electrons. The molecule has 0 saturated heterocycles. The second-order valence-corrected chi connectivity index (χ2v) is 4.67. The topological polar surface area (TPSA) is 94.9 Å². The van der Waals surface area contributed by atoms with Crippen LogP contribution in [0.25, 0.3) is 0 Å². The van der Waals surface area contributed by atoms with Crippen molar-refractivity contribution >= 4 is 17.8 Å². The number of carboxylic acid groups (broad SMARTS) is 2. The third-order valence-electron chi connectivity index (χ3n) is 3.51. The van der Waals surface area contributed by atoms with Gasteiger partial charge in [-0.2, -0.15) is 0 Å². The summed E-state index contributed by atoms with van der Waals surface area (Å²) in [5, 5.41) is 18.5.